The second-order valence-electron chi connectivity index (χ2n) is 3.16. The minimum Gasteiger partial charge on any atom is -0.387 e. The molecule has 2 nitrogen and oxygen atoms in total. The predicted molar refractivity (Wildman–Crippen MR) is 59.2 cm³/mol. The zero-order chi connectivity index (χ0) is 10.6. The van der Waals surface area contributed by atoms with Gasteiger partial charge in [0.1, 0.15) is 0 Å². The summed E-state index contributed by atoms with van der Waals surface area (Å²) in [6.45, 7) is 5.71. The average molecular weight is 209 g/mol. The van der Waals surface area contributed by atoms with E-state index in [-0.39, 0.29) is 0 Å². The van der Waals surface area contributed by atoms with Crippen molar-refractivity contribution in [1.82, 2.24) is 4.98 Å². The van der Waals surface area contributed by atoms with Gasteiger partial charge in [0.25, 0.3) is 0 Å². The molecule has 14 heavy (non-hydrogen) atoms. The van der Waals surface area contributed by atoms with E-state index in [9.17, 15) is 5.11 Å². The molecule has 1 N–H and O–H groups in total. The molecule has 1 unspecified atom stereocenters. The highest BCUT2D eigenvalue weighted by atomic mass is 32.1. The Kier molecular flexibility index (Phi) is 4.12. The van der Waals surface area contributed by atoms with Gasteiger partial charge in [-0.2, -0.15) is 0 Å². The van der Waals surface area contributed by atoms with Crippen molar-refractivity contribution in [3.8, 4) is 11.8 Å². The maximum Gasteiger partial charge on any atom is 0.0909 e. The van der Waals surface area contributed by atoms with E-state index < -0.39 is 6.10 Å². The van der Waals surface area contributed by atoms with Crippen molar-refractivity contribution in [2.75, 3.05) is 0 Å². The van der Waals surface area contributed by atoms with Crippen molar-refractivity contribution in [2.24, 2.45) is 0 Å². The predicted octanol–water partition coefficient (Wildman–Crippen LogP) is 2.60. The van der Waals surface area contributed by atoms with Crippen LogP contribution < -0.4 is 0 Å². The normalized spacial score (nSPS) is 12.0. The number of aliphatic hydroxyl groups is 1. The van der Waals surface area contributed by atoms with Gasteiger partial charge in [0.05, 0.1) is 21.7 Å². The second kappa shape index (κ2) is 5.14. The lowest BCUT2D eigenvalue weighted by Crippen LogP contribution is -1.96. The molecule has 0 bridgehead atoms. The Labute approximate surface area is 89.0 Å². The summed E-state index contributed by atoms with van der Waals surface area (Å²) in [5, 5.41) is 10.9. The molecule has 1 heterocycles. The van der Waals surface area contributed by atoms with Crippen molar-refractivity contribution in [3.63, 3.8) is 0 Å². The molecule has 1 aromatic heterocycles. The lowest BCUT2D eigenvalue weighted by molar-refractivity contribution is 0.172. The average Bonchev–Trinajstić information content (AvgIpc) is 2.45. The third-order valence-corrected chi connectivity index (χ3v) is 3.14. The van der Waals surface area contributed by atoms with E-state index in [0.29, 0.717) is 6.42 Å². The number of hydrogen-bond acceptors (Lipinski definition) is 3. The van der Waals surface area contributed by atoms with E-state index >= 15 is 0 Å². The summed E-state index contributed by atoms with van der Waals surface area (Å²) in [7, 11) is 0. The van der Waals surface area contributed by atoms with Gasteiger partial charge < -0.3 is 5.11 Å². The maximum atomic E-state index is 9.84. The van der Waals surface area contributed by atoms with Crippen molar-refractivity contribution in [1.29, 1.82) is 0 Å². The summed E-state index contributed by atoms with van der Waals surface area (Å²) in [6.07, 6.45) is 1.04. The number of rotatable bonds is 3. The van der Waals surface area contributed by atoms with Crippen LogP contribution in [-0.4, -0.2) is 10.1 Å². The molecular weight excluding hydrogens is 194 g/mol. The van der Waals surface area contributed by atoms with Crippen LogP contribution in [0.5, 0.6) is 0 Å². The van der Waals surface area contributed by atoms with Crippen LogP contribution in [0.15, 0.2) is 0 Å². The van der Waals surface area contributed by atoms with Gasteiger partial charge in [0.2, 0.25) is 0 Å². The summed E-state index contributed by atoms with van der Waals surface area (Å²) in [4.78, 5) is 5.27. The summed E-state index contributed by atoms with van der Waals surface area (Å²) < 4.78 is 0. The summed E-state index contributed by atoms with van der Waals surface area (Å²) >= 11 is 1.57. The molecule has 0 aliphatic heterocycles. The van der Waals surface area contributed by atoms with Crippen molar-refractivity contribution in [3.05, 3.63) is 15.6 Å². The highest BCUT2D eigenvalue weighted by molar-refractivity contribution is 7.11. The molecule has 0 saturated heterocycles. The van der Waals surface area contributed by atoms with Crippen molar-refractivity contribution in [2.45, 2.75) is 39.7 Å². The SMILES string of the molecule is CC#CCCC(O)c1sc(C)nc1C. The monoisotopic (exact) mass is 209 g/mol. The molecular formula is C11H15NOS. The molecule has 1 rings (SSSR count). The first-order valence-corrected chi connectivity index (χ1v) is 5.48. The molecule has 76 valence electrons. The van der Waals surface area contributed by atoms with Crippen LogP contribution in [0.25, 0.3) is 0 Å². The smallest absolute Gasteiger partial charge is 0.0909 e. The van der Waals surface area contributed by atoms with Crippen LogP contribution in [0.3, 0.4) is 0 Å². The topological polar surface area (TPSA) is 33.1 Å². The minimum absolute atomic E-state index is 0.401. The van der Waals surface area contributed by atoms with E-state index in [1.807, 2.05) is 20.8 Å². The fraction of sp³-hybridized carbons (Fsp3) is 0.545. The quantitative estimate of drug-likeness (QED) is 0.776. The van der Waals surface area contributed by atoms with E-state index in [0.717, 1.165) is 22.0 Å². The maximum absolute atomic E-state index is 9.84. The van der Waals surface area contributed by atoms with E-state index in [1.165, 1.54) is 0 Å². The molecule has 0 aliphatic carbocycles. The Balaban J connectivity index is 2.62. The van der Waals surface area contributed by atoms with Gasteiger partial charge >= 0.3 is 0 Å². The fourth-order valence-corrected chi connectivity index (χ4v) is 2.27. The molecule has 0 aromatic carbocycles. The van der Waals surface area contributed by atoms with E-state index in [2.05, 4.69) is 16.8 Å². The first kappa shape index (κ1) is 11.2. The first-order valence-electron chi connectivity index (χ1n) is 4.66. The van der Waals surface area contributed by atoms with Gasteiger partial charge in [-0.3, -0.25) is 0 Å². The fourth-order valence-electron chi connectivity index (χ4n) is 1.32. The highest BCUT2D eigenvalue weighted by Crippen LogP contribution is 2.27. The Bertz CT molecular complexity index is 359. The molecule has 1 atom stereocenters. The molecule has 1 aromatic rings. The molecule has 0 spiro atoms. The first-order chi connectivity index (χ1) is 6.65. The van der Waals surface area contributed by atoms with Gasteiger partial charge in [0.15, 0.2) is 0 Å². The zero-order valence-corrected chi connectivity index (χ0v) is 9.61. The number of aryl methyl sites for hydroxylation is 2. The molecule has 0 fully saturated rings. The molecule has 0 radical (unpaired) electrons. The number of thiazole rings is 1. The van der Waals surface area contributed by atoms with Gasteiger partial charge in [-0.25, -0.2) is 4.98 Å². The third-order valence-electron chi connectivity index (χ3n) is 1.96. The summed E-state index contributed by atoms with van der Waals surface area (Å²) in [6, 6.07) is 0. The number of aliphatic hydroxyl groups excluding tert-OH is 1. The molecule has 3 heteroatoms. The Morgan fingerprint density at radius 1 is 1.50 bits per heavy atom. The van der Waals surface area contributed by atoms with Gasteiger partial charge in [0, 0.05) is 6.42 Å². The van der Waals surface area contributed by atoms with E-state index in [4.69, 9.17) is 0 Å². The summed E-state index contributed by atoms with van der Waals surface area (Å²) in [5.74, 6) is 5.77. The van der Waals surface area contributed by atoms with Crippen LogP contribution in [-0.2, 0) is 0 Å². The standard InChI is InChI=1S/C11H15NOS/c1-4-5-6-7-10(13)11-8(2)12-9(3)14-11/h10,13H,6-7H2,1-3H3. The van der Waals surface area contributed by atoms with E-state index in [1.54, 1.807) is 11.3 Å². The van der Waals surface area contributed by atoms with Crippen molar-refractivity contribution < 1.29 is 5.11 Å². The zero-order valence-electron chi connectivity index (χ0n) is 8.79. The number of aromatic nitrogens is 1. The Morgan fingerprint density at radius 3 is 2.71 bits per heavy atom. The van der Waals surface area contributed by atoms with Crippen LogP contribution in [0.4, 0.5) is 0 Å². The second-order valence-corrected chi connectivity index (χ2v) is 4.40. The molecule has 0 aliphatic rings. The number of nitrogens with zero attached hydrogens (tertiary/aromatic N) is 1. The molecule has 0 saturated carbocycles. The lowest BCUT2D eigenvalue weighted by atomic mass is 10.1. The van der Waals surface area contributed by atoms with Gasteiger partial charge in [-0.05, 0) is 27.2 Å². The summed E-state index contributed by atoms with van der Waals surface area (Å²) in [5.41, 5.74) is 0.949. The number of hydrogen-bond donors (Lipinski definition) is 1. The Hall–Kier alpha value is -0.850. The van der Waals surface area contributed by atoms with Crippen LogP contribution >= 0.6 is 11.3 Å². The van der Waals surface area contributed by atoms with Crippen LogP contribution in [0.1, 0.15) is 41.4 Å². The van der Waals surface area contributed by atoms with Crippen molar-refractivity contribution >= 4 is 11.3 Å². The Morgan fingerprint density at radius 2 is 2.21 bits per heavy atom. The van der Waals surface area contributed by atoms with Crippen LogP contribution in [0, 0.1) is 25.7 Å². The van der Waals surface area contributed by atoms with Crippen LogP contribution in [0.2, 0.25) is 0 Å². The minimum atomic E-state index is -0.401. The van der Waals surface area contributed by atoms with Gasteiger partial charge in [-0.15, -0.1) is 23.2 Å². The third kappa shape index (κ3) is 2.83. The molecule has 0 amide bonds. The van der Waals surface area contributed by atoms with Gasteiger partial charge in [-0.1, -0.05) is 0 Å². The highest BCUT2D eigenvalue weighted by Gasteiger charge is 2.13. The lowest BCUT2D eigenvalue weighted by Gasteiger charge is -2.05. The largest absolute Gasteiger partial charge is 0.387 e.